The third-order valence-corrected chi connectivity index (χ3v) is 4.50. The Morgan fingerprint density at radius 1 is 1.36 bits per heavy atom. The highest BCUT2D eigenvalue weighted by Gasteiger charge is 2.24. The third kappa shape index (κ3) is 3.69. The summed E-state index contributed by atoms with van der Waals surface area (Å²) in [5.74, 6) is -1.15. The Kier molecular flexibility index (Phi) is 5.36. The van der Waals surface area contributed by atoms with Gasteiger partial charge in [0.15, 0.2) is 17.5 Å². The maximum atomic E-state index is 14.5. The number of hydrogen-bond donors (Lipinski definition) is 2. The van der Waals surface area contributed by atoms with E-state index in [1.165, 1.54) is 4.90 Å². The molecule has 7 nitrogen and oxygen atoms in total. The Balaban J connectivity index is 2.01. The molecule has 0 fully saturated rings. The fraction of sp³-hybridized carbons (Fsp3) is 0.200. The maximum absolute atomic E-state index is 14.5. The number of carbonyl (C=O) groups is 1. The first-order chi connectivity index (χ1) is 13.4. The van der Waals surface area contributed by atoms with Crippen molar-refractivity contribution in [1.29, 1.82) is 5.26 Å². The van der Waals surface area contributed by atoms with E-state index in [4.69, 9.17) is 5.73 Å². The number of nitrogens with two attached hydrogens (primary N) is 1. The van der Waals surface area contributed by atoms with Crippen LogP contribution in [0.4, 0.5) is 21.7 Å². The summed E-state index contributed by atoms with van der Waals surface area (Å²) >= 11 is 0. The monoisotopic (exact) mass is 378 g/mol. The van der Waals surface area contributed by atoms with Gasteiger partial charge in [-0.25, -0.2) is 9.37 Å². The molecule has 1 aromatic carbocycles. The Morgan fingerprint density at radius 2 is 2.14 bits per heavy atom. The normalized spacial score (nSPS) is 11.6. The number of halogens is 1. The predicted octanol–water partition coefficient (Wildman–Crippen LogP) is 3.08. The van der Waals surface area contributed by atoms with Crippen molar-refractivity contribution in [3.8, 4) is 6.07 Å². The minimum absolute atomic E-state index is 0.0491. The zero-order valence-corrected chi connectivity index (χ0v) is 15.5. The van der Waals surface area contributed by atoms with Crippen molar-refractivity contribution < 1.29 is 9.18 Å². The van der Waals surface area contributed by atoms with Gasteiger partial charge in [0.1, 0.15) is 12.1 Å². The van der Waals surface area contributed by atoms with E-state index >= 15 is 0 Å². The molecule has 0 aliphatic rings. The van der Waals surface area contributed by atoms with Crippen LogP contribution >= 0.6 is 0 Å². The van der Waals surface area contributed by atoms with Crippen LogP contribution in [0.3, 0.4) is 0 Å². The highest BCUT2D eigenvalue weighted by Crippen LogP contribution is 2.27. The zero-order chi connectivity index (χ0) is 20.3. The van der Waals surface area contributed by atoms with Gasteiger partial charge in [0.2, 0.25) is 5.91 Å². The molecule has 0 aliphatic heterocycles. The number of benzene rings is 1. The standard InChI is InChI=1S/C20H19FN6O/c1-3-17(18(23)28)27(2)20-16(21)9-13(10-22)19(26-20)25-15-5-4-12-6-7-24-11-14(12)8-15/h4-9,11,17H,3H2,1-2H3,(H2,23,28)(H,25,26). The lowest BCUT2D eigenvalue weighted by atomic mass is 10.1. The average Bonchev–Trinajstić information content (AvgIpc) is 2.69. The molecule has 0 saturated carbocycles. The van der Waals surface area contributed by atoms with Gasteiger partial charge in [-0.1, -0.05) is 13.0 Å². The van der Waals surface area contributed by atoms with Crippen LogP contribution in [-0.4, -0.2) is 29.0 Å². The number of carbonyl (C=O) groups excluding carboxylic acids is 1. The second-order valence-corrected chi connectivity index (χ2v) is 6.30. The molecule has 3 N–H and O–H groups in total. The van der Waals surface area contributed by atoms with Crippen LogP contribution < -0.4 is 16.0 Å². The summed E-state index contributed by atoms with van der Waals surface area (Å²) in [4.78, 5) is 21.4. The van der Waals surface area contributed by atoms with Crippen LogP contribution in [0, 0.1) is 17.1 Å². The molecule has 1 atom stereocenters. The number of hydrogen-bond acceptors (Lipinski definition) is 6. The second-order valence-electron chi connectivity index (χ2n) is 6.30. The fourth-order valence-electron chi connectivity index (χ4n) is 3.02. The van der Waals surface area contributed by atoms with E-state index in [1.807, 2.05) is 30.3 Å². The zero-order valence-electron chi connectivity index (χ0n) is 15.5. The van der Waals surface area contributed by atoms with Crippen LogP contribution in [0.25, 0.3) is 10.8 Å². The first-order valence-electron chi connectivity index (χ1n) is 8.68. The Bertz CT molecular complexity index is 1080. The smallest absolute Gasteiger partial charge is 0.240 e. The van der Waals surface area contributed by atoms with Crippen LogP contribution in [0.5, 0.6) is 0 Å². The molecule has 2 aromatic heterocycles. The van der Waals surface area contributed by atoms with Crippen molar-refractivity contribution in [2.45, 2.75) is 19.4 Å². The van der Waals surface area contributed by atoms with Crippen molar-refractivity contribution in [2.75, 3.05) is 17.3 Å². The summed E-state index contributed by atoms with van der Waals surface area (Å²) < 4.78 is 14.5. The molecule has 1 unspecified atom stereocenters. The fourth-order valence-corrected chi connectivity index (χ4v) is 3.02. The molecule has 0 bridgehead atoms. The molecule has 0 spiro atoms. The van der Waals surface area contributed by atoms with Gasteiger partial charge in [-0.15, -0.1) is 0 Å². The van der Waals surface area contributed by atoms with E-state index in [9.17, 15) is 14.4 Å². The molecule has 0 saturated heterocycles. The number of primary amides is 1. The van der Waals surface area contributed by atoms with Crippen molar-refractivity contribution >= 4 is 34.0 Å². The van der Waals surface area contributed by atoms with E-state index in [0.29, 0.717) is 12.1 Å². The van der Waals surface area contributed by atoms with Gasteiger partial charge in [0, 0.05) is 30.5 Å². The van der Waals surface area contributed by atoms with Gasteiger partial charge < -0.3 is 16.0 Å². The summed E-state index contributed by atoms with van der Waals surface area (Å²) in [6.07, 6.45) is 3.82. The number of pyridine rings is 2. The lowest BCUT2D eigenvalue weighted by molar-refractivity contribution is -0.119. The minimum Gasteiger partial charge on any atom is -0.368 e. The van der Waals surface area contributed by atoms with Gasteiger partial charge in [0.25, 0.3) is 0 Å². The van der Waals surface area contributed by atoms with E-state index in [-0.39, 0.29) is 17.2 Å². The third-order valence-electron chi connectivity index (χ3n) is 4.50. The highest BCUT2D eigenvalue weighted by molar-refractivity contribution is 5.86. The molecule has 0 aliphatic carbocycles. The van der Waals surface area contributed by atoms with Crippen LogP contribution in [0.15, 0.2) is 42.7 Å². The summed E-state index contributed by atoms with van der Waals surface area (Å²) in [6, 6.07) is 9.80. The SMILES string of the molecule is CCC(C(N)=O)N(C)c1nc(Nc2ccc3ccncc3c2)c(C#N)cc1F. The maximum Gasteiger partial charge on any atom is 0.240 e. The molecular weight excluding hydrogens is 359 g/mol. The number of likely N-dealkylation sites (N-methyl/N-ethyl adjacent to an activating group) is 1. The number of rotatable bonds is 6. The van der Waals surface area contributed by atoms with E-state index in [1.54, 1.807) is 26.4 Å². The molecule has 3 rings (SSSR count). The lowest BCUT2D eigenvalue weighted by Gasteiger charge is -2.26. The summed E-state index contributed by atoms with van der Waals surface area (Å²) in [6.45, 7) is 1.77. The molecule has 3 aromatic rings. The number of nitriles is 1. The molecular formula is C20H19FN6O. The Morgan fingerprint density at radius 3 is 2.82 bits per heavy atom. The number of aromatic nitrogens is 2. The van der Waals surface area contributed by atoms with Crippen LogP contribution in [0.1, 0.15) is 18.9 Å². The molecule has 28 heavy (non-hydrogen) atoms. The summed E-state index contributed by atoms with van der Waals surface area (Å²) in [5.41, 5.74) is 6.12. The topological polar surface area (TPSA) is 108 Å². The first kappa shape index (κ1) is 19.0. The van der Waals surface area contributed by atoms with E-state index in [2.05, 4.69) is 15.3 Å². The highest BCUT2D eigenvalue weighted by atomic mass is 19.1. The molecule has 1 amide bonds. The summed E-state index contributed by atoms with van der Waals surface area (Å²) in [5, 5.41) is 14.3. The largest absolute Gasteiger partial charge is 0.368 e. The number of amides is 1. The van der Waals surface area contributed by atoms with Crippen molar-refractivity contribution in [2.24, 2.45) is 5.73 Å². The molecule has 2 heterocycles. The van der Waals surface area contributed by atoms with Gasteiger partial charge in [-0.3, -0.25) is 9.78 Å². The number of fused-ring (bicyclic) bond motifs is 1. The van der Waals surface area contributed by atoms with Gasteiger partial charge in [-0.05, 0) is 36.1 Å². The molecule has 142 valence electrons. The molecule has 0 radical (unpaired) electrons. The van der Waals surface area contributed by atoms with Crippen molar-refractivity contribution in [3.05, 3.63) is 54.1 Å². The van der Waals surface area contributed by atoms with E-state index in [0.717, 1.165) is 16.8 Å². The van der Waals surface area contributed by atoms with Gasteiger partial charge >= 0.3 is 0 Å². The predicted molar refractivity (Wildman–Crippen MR) is 106 cm³/mol. The van der Waals surface area contributed by atoms with Crippen molar-refractivity contribution in [3.63, 3.8) is 0 Å². The number of anilines is 3. The molecule has 8 heteroatoms. The number of nitrogens with one attached hydrogen (secondary N) is 1. The van der Waals surface area contributed by atoms with Gasteiger partial charge in [-0.2, -0.15) is 5.26 Å². The van der Waals surface area contributed by atoms with Crippen LogP contribution in [-0.2, 0) is 4.79 Å². The number of nitrogens with zero attached hydrogens (tertiary/aromatic N) is 4. The first-order valence-corrected chi connectivity index (χ1v) is 8.68. The Hall–Kier alpha value is -3.73. The van der Waals surface area contributed by atoms with Crippen LogP contribution in [0.2, 0.25) is 0 Å². The van der Waals surface area contributed by atoms with Crippen molar-refractivity contribution in [1.82, 2.24) is 9.97 Å². The summed E-state index contributed by atoms with van der Waals surface area (Å²) in [7, 11) is 1.54. The lowest BCUT2D eigenvalue weighted by Crippen LogP contribution is -2.43. The second kappa shape index (κ2) is 7.88. The quantitative estimate of drug-likeness (QED) is 0.682. The Labute approximate surface area is 161 Å². The van der Waals surface area contributed by atoms with Gasteiger partial charge in [0.05, 0.1) is 5.56 Å². The average molecular weight is 378 g/mol. The van der Waals surface area contributed by atoms with E-state index < -0.39 is 17.8 Å². The minimum atomic E-state index is -0.713.